The van der Waals surface area contributed by atoms with Crippen molar-refractivity contribution in [3.05, 3.63) is 120 Å². The molecule has 0 saturated carbocycles. The van der Waals surface area contributed by atoms with Crippen molar-refractivity contribution < 1.29 is 14.3 Å². The molecule has 0 aliphatic rings. The number of nitriles is 1. The van der Waals surface area contributed by atoms with Gasteiger partial charge in [0.05, 0.1) is 0 Å². The molecular weight excluding hydrogens is 464 g/mol. The maximum absolute atomic E-state index is 11.0. The Kier molecular flexibility index (Phi) is 6.55. The van der Waals surface area contributed by atoms with E-state index in [4.69, 9.17) is 14.8 Å². The highest BCUT2D eigenvalue weighted by Crippen LogP contribution is 2.35. The van der Waals surface area contributed by atoms with Crippen LogP contribution in [0.5, 0.6) is 0 Å². The Morgan fingerprint density at radius 2 is 1.19 bits per heavy atom. The summed E-state index contributed by atoms with van der Waals surface area (Å²) < 4.78 is 5.91. The molecule has 5 rings (SSSR count). The second-order valence-corrected chi connectivity index (χ2v) is 8.06. The smallest absolute Gasteiger partial charge is 0.346 e. The van der Waals surface area contributed by atoms with E-state index >= 15 is 0 Å². The lowest BCUT2D eigenvalue weighted by atomic mass is 10.1. The van der Waals surface area contributed by atoms with E-state index in [9.17, 15) is 4.79 Å². The number of nitrogens with zero attached hydrogens (tertiary/aromatic N) is 4. The van der Waals surface area contributed by atoms with E-state index in [1.165, 1.54) is 6.08 Å². The average molecular weight is 485 g/mol. The van der Waals surface area contributed by atoms with Gasteiger partial charge in [-0.1, -0.05) is 48.5 Å². The van der Waals surface area contributed by atoms with Crippen molar-refractivity contribution in [3.63, 3.8) is 0 Å². The lowest BCUT2D eigenvalue weighted by molar-refractivity contribution is -0.132. The summed E-state index contributed by atoms with van der Waals surface area (Å²) in [6.07, 6.45) is 1.31. The molecule has 178 valence electrons. The van der Waals surface area contributed by atoms with Gasteiger partial charge in [0.25, 0.3) is 0 Å². The van der Waals surface area contributed by atoms with Crippen LogP contribution in [0.1, 0.15) is 5.56 Å². The summed E-state index contributed by atoms with van der Waals surface area (Å²) in [5, 5.41) is 26.3. The van der Waals surface area contributed by atoms with E-state index in [0.29, 0.717) is 22.9 Å². The van der Waals surface area contributed by atoms with Gasteiger partial charge in [0.2, 0.25) is 11.8 Å². The van der Waals surface area contributed by atoms with E-state index < -0.39 is 5.97 Å². The molecule has 0 unspecified atom stereocenters. The quantitative estimate of drug-likeness (QED) is 0.199. The van der Waals surface area contributed by atoms with Gasteiger partial charge in [0.15, 0.2) is 0 Å². The number of carbonyl (C=O) groups is 1. The fraction of sp³-hybridized carbons (Fsp3) is 0. The van der Waals surface area contributed by atoms with Crippen LogP contribution in [0.3, 0.4) is 0 Å². The van der Waals surface area contributed by atoms with Gasteiger partial charge in [-0.2, -0.15) is 5.26 Å². The Morgan fingerprint density at radius 3 is 1.65 bits per heavy atom. The SMILES string of the molecule is N#C/C(=C/c1ccc(-c2nnc(-c3ccc(N(c4ccccc4)c4ccccc4)cc3)o2)cc1)C(=O)O. The summed E-state index contributed by atoms with van der Waals surface area (Å²) in [5.41, 5.74) is 4.79. The fourth-order valence-electron chi connectivity index (χ4n) is 3.84. The van der Waals surface area contributed by atoms with Crippen LogP contribution in [-0.4, -0.2) is 21.3 Å². The topological polar surface area (TPSA) is 103 Å². The van der Waals surface area contributed by atoms with Crippen molar-refractivity contribution in [2.45, 2.75) is 0 Å². The van der Waals surface area contributed by atoms with Crippen molar-refractivity contribution in [2.24, 2.45) is 0 Å². The number of rotatable bonds is 7. The molecule has 37 heavy (non-hydrogen) atoms. The maximum atomic E-state index is 11.0. The molecule has 1 heterocycles. The number of benzene rings is 4. The number of aliphatic carboxylic acids is 1. The molecule has 1 aromatic heterocycles. The Hall–Kier alpha value is -5.48. The Bertz CT molecular complexity index is 1550. The fourth-order valence-corrected chi connectivity index (χ4v) is 3.84. The average Bonchev–Trinajstić information content (AvgIpc) is 3.44. The molecule has 0 spiro atoms. The second kappa shape index (κ2) is 10.4. The Morgan fingerprint density at radius 1 is 0.730 bits per heavy atom. The highest BCUT2D eigenvalue weighted by molar-refractivity contribution is 5.96. The number of aromatic nitrogens is 2. The van der Waals surface area contributed by atoms with Crippen LogP contribution in [0.4, 0.5) is 17.1 Å². The first-order valence-corrected chi connectivity index (χ1v) is 11.4. The lowest BCUT2D eigenvalue weighted by Gasteiger charge is -2.25. The van der Waals surface area contributed by atoms with Gasteiger partial charge in [0.1, 0.15) is 11.6 Å². The lowest BCUT2D eigenvalue weighted by Crippen LogP contribution is -2.09. The number of para-hydroxylation sites is 2. The minimum atomic E-state index is -1.27. The van der Waals surface area contributed by atoms with Crippen LogP contribution < -0.4 is 4.90 Å². The van der Waals surface area contributed by atoms with Gasteiger partial charge >= 0.3 is 5.97 Å². The molecular formula is C30H20N4O3. The van der Waals surface area contributed by atoms with E-state index in [1.807, 2.05) is 60.7 Å². The van der Waals surface area contributed by atoms with Crippen LogP contribution >= 0.6 is 0 Å². The molecule has 0 atom stereocenters. The predicted molar refractivity (Wildman–Crippen MR) is 141 cm³/mol. The number of hydrogen-bond acceptors (Lipinski definition) is 6. The summed E-state index contributed by atoms with van der Waals surface area (Å²) >= 11 is 0. The van der Waals surface area contributed by atoms with Gasteiger partial charge in [-0.3, -0.25) is 0 Å². The summed E-state index contributed by atoms with van der Waals surface area (Å²) in [6, 6.07) is 36.7. The molecule has 0 aliphatic heterocycles. The van der Waals surface area contributed by atoms with Crippen LogP contribution in [0.15, 0.2) is 119 Å². The molecule has 7 nitrogen and oxygen atoms in total. The van der Waals surface area contributed by atoms with Gasteiger partial charge in [-0.15, -0.1) is 10.2 Å². The molecule has 0 radical (unpaired) electrons. The Labute approximate surface area is 213 Å². The molecule has 4 aromatic carbocycles. The third-order valence-corrected chi connectivity index (χ3v) is 5.65. The van der Waals surface area contributed by atoms with E-state index in [1.54, 1.807) is 30.3 Å². The van der Waals surface area contributed by atoms with Crippen molar-refractivity contribution in [3.8, 4) is 29.0 Å². The van der Waals surface area contributed by atoms with Gasteiger partial charge < -0.3 is 14.4 Å². The molecule has 7 heteroatoms. The van der Waals surface area contributed by atoms with Crippen molar-refractivity contribution in [1.82, 2.24) is 10.2 Å². The minimum Gasteiger partial charge on any atom is -0.477 e. The first-order valence-electron chi connectivity index (χ1n) is 11.4. The van der Waals surface area contributed by atoms with E-state index in [0.717, 1.165) is 22.6 Å². The standard InChI is InChI=1S/C30H20N4O3/c31-20-24(30(35)36)19-21-11-13-22(14-12-21)28-32-33-29(37-28)23-15-17-27(18-16-23)34(25-7-3-1-4-8-25)26-9-5-2-6-10-26/h1-19H,(H,35,36)/b24-19-. The molecule has 5 aromatic rings. The largest absolute Gasteiger partial charge is 0.477 e. The monoisotopic (exact) mass is 484 g/mol. The van der Waals surface area contributed by atoms with Gasteiger partial charge in [-0.05, 0) is 72.3 Å². The molecule has 0 amide bonds. The van der Waals surface area contributed by atoms with Gasteiger partial charge in [0, 0.05) is 28.2 Å². The van der Waals surface area contributed by atoms with Crippen LogP contribution in [-0.2, 0) is 4.79 Å². The summed E-state index contributed by atoms with van der Waals surface area (Å²) in [7, 11) is 0. The highest BCUT2D eigenvalue weighted by Gasteiger charge is 2.14. The molecule has 0 fully saturated rings. The highest BCUT2D eigenvalue weighted by atomic mass is 16.4. The van der Waals surface area contributed by atoms with Crippen molar-refractivity contribution >= 4 is 29.1 Å². The first kappa shape index (κ1) is 23.3. The zero-order valence-corrected chi connectivity index (χ0v) is 19.5. The Balaban J connectivity index is 1.39. The molecule has 0 saturated heterocycles. The predicted octanol–water partition coefficient (Wildman–Crippen LogP) is 6.86. The third-order valence-electron chi connectivity index (χ3n) is 5.65. The normalized spacial score (nSPS) is 11.1. The molecule has 0 aliphatic carbocycles. The van der Waals surface area contributed by atoms with Crippen LogP contribution in [0.2, 0.25) is 0 Å². The number of hydrogen-bond donors (Lipinski definition) is 1. The van der Waals surface area contributed by atoms with Crippen LogP contribution in [0.25, 0.3) is 29.0 Å². The third kappa shape index (κ3) is 5.14. The summed E-state index contributed by atoms with van der Waals surface area (Å²) in [5.74, 6) is -0.549. The molecule has 1 N–H and O–H groups in total. The van der Waals surface area contributed by atoms with Crippen molar-refractivity contribution in [2.75, 3.05) is 4.90 Å². The zero-order valence-electron chi connectivity index (χ0n) is 19.5. The number of carboxylic acid groups (broad SMARTS) is 1. The summed E-state index contributed by atoms with van der Waals surface area (Å²) in [4.78, 5) is 13.2. The molecule has 0 bridgehead atoms. The first-order chi connectivity index (χ1) is 18.1. The zero-order chi connectivity index (χ0) is 25.6. The van der Waals surface area contributed by atoms with E-state index in [-0.39, 0.29) is 5.57 Å². The van der Waals surface area contributed by atoms with Crippen LogP contribution in [0, 0.1) is 11.3 Å². The number of carboxylic acids is 1. The summed E-state index contributed by atoms with van der Waals surface area (Å²) in [6.45, 7) is 0. The van der Waals surface area contributed by atoms with Gasteiger partial charge in [-0.25, -0.2) is 4.79 Å². The van der Waals surface area contributed by atoms with Crippen molar-refractivity contribution in [1.29, 1.82) is 5.26 Å². The second-order valence-electron chi connectivity index (χ2n) is 8.06. The number of anilines is 3. The maximum Gasteiger partial charge on any atom is 0.346 e. The minimum absolute atomic E-state index is 0.337. The van der Waals surface area contributed by atoms with E-state index in [2.05, 4.69) is 39.4 Å².